The second kappa shape index (κ2) is 13.0. The molecule has 0 atom stereocenters. The molecular weight excluding hydrogens is 651 g/mol. The Balaban J connectivity index is 1.23. The molecule has 1 heteroatoms. The van der Waals surface area contributed by atoms with Gasteiger partial charge < -0.3 is 4.90 Å². The Labute approximate surface area is 320 Å². The third-order valence-corrected chi connectivity index (χ3v) is 11.5. The van der Waals surface area contributed by atoms with Gasteiger partial charge in [0.15, 0.2) is 0 Å². The van der Waals surface area contributed by atoms with Crippen LogP contribution >= 0.6 is 0 Å². The Kier molecular flexibility index (Phi) is 8.12. The normalized spacial score (nSPS) is 13.1. The molecule has 0 aromatic heterocycles. The van der Waals surface area contributed by atoms with E-state index in [1.807, 2.05) is 0 Å². The minimum absolute atomic E-state index is 0.0614. The number of benzene rings is 8. The number of hydrogen-bond donors (Lipinski definition) is 0. The predicted molar refractivity (Wildman–Crippen MR) is 231 cm³/mol. The number of nitrogens with zero attached hydrogens (tertiary/aromatic N) is 1. The van der Waals surface area contributed by atoms with Crippen molar-refractivity contribution in [3.05, 3.63) is 199 Å². The first-order valence-electron chi connectivity index (χ1n) is 19.1. The second-order valence-corrected chi connectivity index (χ2v) is 16.2. The molecule has 0 amide bonds. The molecule has 1 nitrogen and oxygen atoms in total. The molecule has 54 heavy (non-hydrogen) atoms. The lowest BCUT2D eigenvalue weighted by atomic mass is 9.82. The van der Waals surface area contributed by atoms with Crippen LogP contribution in [0, 0.1) is 0 Å². The molecule has 9 rings (SSSR count). The average Bonchev–Trinajstić information content (AvgIpc) is 3.43. The van der Waals surface area contributed by atoms with E-state index >= 15 is 0 Å². The zero-order valence-electron chi connectivity index (χ0n) is 31.8. The van der Waals surface area contributed by atoms with Gasteiger partial charge in [0.05, 0.1) is 5.69 Å². The molecule has 8 aromatic rings. The summed E-state index contributed by atoms with van der Waals surface area (Å²) >= 11 is 0. The highest BCUT2D eigenvalue weighted by Crippen LogP contribution is 2.52. The molecule has 0 radical (unpaired) electrons. The van der Waals surface area contributed by atoms with Crippen LogP contribution in [0.25, 0.3) is 55.3 Å². The standard InChI is InChI=1S/C53H45N/c1-52(2,3)42-28-23-38(24-29-42)39-25-30-43(31-26-39)54(44-32-33-49-47(35-44)46-17-11-12-18-48(46)53(49,4)5)50-34-27-40-15-9-10-16-45(40)51(50)41-21-19-37(20-22-41)36-13-7-6-8-14-36/h6-35H,1-5H3. The van der Waals surface area contributed by atoms with Crippen molar-refractivity contribution in [2.45, 2.75) is 45.4 Å². The van der Waals surface area contributed by atoms with E-state index in [2.05, 4.69) is 222 Å². The molecular formula is C53H45N. The van der Waals surface area contributed by atoms with Crippen molar-refractivity contribution in [3.63, 3.8) is 0 Å². The van der Waals surface area contributed by atoms with E-state index < -0.39 is 0 Å². The van der Waals surface area contributed by atoms with Crippen LogP contribution < -0.4 is 4.90 Å². The summed E-state index contributed by atoms with van der Waals surface area (Å²) in [5, 5.41) is 2.46. The van der Waals surface area contributed by atoms with Gasteiger partial charge in [-0.15, -0.1) is 0 Å². The quantitative estimate of drug-likeness (QED) is 0.167. The Morgan fingerprint density at radius 1 is 0.426 bits per heavy atom. The molecule has 0 fully saturated rings. The summed E-state index contributed by atoms with van der Waals surface area (Å²) in [6.45, 7) is 11.5. The zero-order valence-corrected chi connectivity index (χ0v) is 31.8. The molecule has 0 heterocycles. The average molecular weight is 696 g/mol. The highest BCUT2D eigenvalue weighted by atomic mass is 15.1. The SMILES string of the molecule is CC(C)(C)c1ccc(-c2ccc(N(c3ccc4c(c3)-c3ccccc3C4(C)C)c3ccc4ccccc4c3-c3ccc(-c4ccccc4)cc3)cc2)cc1. The van der Waals surface area contributed by atoms with E-state index in [9.17, 15) is 0 Å². The minimum Gasteiger partial charge on any atom is -0.310 e. The number of anilines is 3. The summed E-state index contributed by atoms with van der Waals surface area (Å²) < 4.78 is 0. The van der Waals surface area contributed by atoms with E-state index in [0.717, 1.165) is 17.1 Å². The highest BCUT2D eigenvalue weighted by Gasteiger charge is 2.35. The van der Waals surface area contributed by atoms with Crippen LogP contribution in [0.4, 0.5) is 17.1 Å². The topological polar surface area (TPSA) is 3.24 Å². The van der Waals surface area contributed by atoms with E-state index in [1.54, 1.807) is 0 Å². The van der Waals surface area contributed by atoms with E-state index in [4.69, 9.17) is 0 Å². The Morgan fingerprint density at radius 2 is 0.963 bits per heavy atom. The molecule has 262 valence electrons. The van der Waals surface area contributed by atoms with Crippen molar-refractivity contribution >= 4 is 27.8 Å². The summed E-state index contributed by atoms with van der Waals surface area (Å²) in [6.07, 6.45) is 0. The molecule has 0 aliphatic heterocycles. The van der Waals surface area contributed by atoms with Crippen LogP contribution in [-0.2, 0) is 10.8 Å². The fourth-order valence-electron chi connectivity index (χ4n) is 8.45. The van der Waals surface area contributed by atoms with Crippen LogP contribution in [0.5, 0.6) is 0 Å². The first-order chi connectivity index (χ1) is 26.2. The lowest BCUT2D eigenvalue weighted by molar-refractivity contribution is 0.590. The smallest absolute Gasteiger partial charge is 0.0546 e. The summed E-state index contributed by atoms with van der Waals surface area (Å²) in [5.74, 6) is 0. The van der Waals surface area contributed by atoms with Crippen LogP contribution in [0.15, 0.2) is 182 Å². The minimum atomic E-state index is -0.0614. The maximum absolute atomic E-state index is 2.47. The number of fused-ring (bicyclic) bond motifs is 4. The molecule has 0 saturated heterocycles. The maximum Gasteiger partial charge on any atom is 0.0546 e. The maximum atomic E-state index is 2.47. The number of hydrogen-bond acceptors (Lipinski definition) is 1. The summed E-state index contributed by atoms with van der Waals surface area (Å²) in [6, 6.07) is 67.3. The highest BCUT2D eigenvalue weighted by molar-refractivity contribution is 6.05. The molecule has 0 spiro atoms. The monoisotopic (exact) mass is 695 g/mol. The van der Waals surface area contributed by atoms with Gasteiger partial charge in [-0.25, -0.2) is 0 Å². The van der Waals surface area contributed by atoms with Crippen molar-refractivity contribution in [1.82, 2.24) is 0 Å². The van der Waals surface area contributed by atoms with Crippen molar-refractivity contribution in [2.75, 3.05) is 4.90 Å². The Morgan fingerprint density at radius 3 is 1.67 bits per heavy atom. The van der Waals surface area contributed by atoms with Gasteiger partial charge in [0, 0.05) is 22.4 Å². The third kappa shape index (κ3) is 5.81. The summed E-state index contributed by atoms with van der Waals surface area (Å²) in [5.41, 5.74) is 17.5. The molecule has 8 aromatic carbocycles. The van der Waals surface area contributed by atoms with Crippen LogP contribution in [0.2, 0.25) is 0 Å². The van der Waals surface area contributed by atoms with Gasteiger partial charge in [0.1, 0.15) is 0 Å². The van der Waals surface area contributed by atoms with Crippen molar-refractivity contribution in [3.8, 4) is 44.5 Å². The predicted octanol–water partition coefficient (Wildman–Crippen LogP) is 14.9. The van der Waals surface area contributed by atoms with Gasteiger partial charge in [-0.05, 0) is 102 Å². The first kappa shape index (κ1) is 33.6. The van der Waals surface area contributed by atoms with E-state index in [1.165, 1.54) is 72.0 Å². The summed E-state index contributed by atoms with van der Waals surface area (Å²) in [4.78, 5) is 2.47. The first-order valence-corrected chi connectivity index (χ1v) is 19.1. The van der Waals surface area contributed by atoms with Crippen LogP contribution in [-0.4, -0.2) is 0 Å². The molecule has 0 saturated carbocycles. The number of rotatable bonds is 6. The molecule has 0 N–H and O–H groups in total. The fourth-order valence-corrected chi connectivity index (χ4v) is 8.45. The van der Waals surface area contributed by atoms with Gasteiger partial charge in [0.25, 0.3) is 0 Å². The van der Waals surface area contributed by atoms with E-state index in [0.29, 0.717) is 0 Å². The van der Waals surface area contributed by atoms with Gasteiger partial charge in [-0.1, -0.05) is 186 Å². The van der Waals surface area contributed by atoms with Gasteiger partial charge >= 0.3 is 0 Å². The molecule has 1 aliphatic rings. The zero-order chi connectivity index (χ0) is 37.0. The van der Waals surface area contributed by atoms with Crippen LogP contribution in [0.3, 0.4) is 0 Å². The Hall–Kier alpha value is -6.18. The third-order valence-electron chi connectivity index (χ3n) is 11.5. The summed E-state index contributed by atoms with van der Waals surface area (Å²) in [7, 11) is 0. The van der Waals surface area contributed by atoms with E-state index in [-0.39, 0.29) is 10.8 Å². The van der Waals surface area contributed by atoms with Gasteiger partial charge in [0.2, 0.25) is 0 Å². The van der Waals surface area contributed by atoms with Crippen molar-refractivity contribution in [2.24, 2.45) is 0 Å². The lowest BCUT2D eigenvalue weighted by Gasteiger charge is -2.30. The van der Waals surface area contributed by atoms with Crippen molar-refractivity contribution < 1.29 is 0 Å². The molecule has 0 unspecified atom stereocenters. The second-order valence-electron chi connectivity index (χ2n) is 16.2. The lowest BCUT2D eigenvalue weighted by Crippen LogP contribution is -2.15. The Bertz CT molecular complexity index is 2620. The fraction of sp³-hybridized carbons (Fsp3) is 0.132. The van der Waals surface area contributed by atoms with Crippen LogP contribution in [0.1, 0.15) is 51.3 Å². The largest absolute Gasteiger partial charge is 0.310 e. The van der Waals surface area contributed by atoms with Crippen molar-refractivity contribution in [1.29, 1.82) is 0 Å². The molecule has 1 aliphatic carbocycles. The molecule has 0 bridgehead atoms. The van der Waals surface area contributed by atoms with Gasteiger partial charge in [-0.2, -0.15) is 0 Å². The van der Waals surface area contributed by atoms with Gasteiger partial charge in [-0.3, -0.25) is 0 Å².